The van der Waals surface area contributed by atoms with Crippen molar-refractivity contribution in [3.63, 3.8) is 0 Å². The van der Waals surface area contributed by atoms with E-state index < -0.39 is 11.6 Å². The Balaban J connectivity index is 1.33. The van der Waals surface area contributed by atoms with Gasteiger partial charge in [-0.25, -0.2) is 13.8 Å². The summed E-state index contributed by atoms with van der Waals surface area (Å²) in [6.45, 7) is 2.75. The number of hydrogen-bond acceptors (Lipinski definition) is 3. The van der Waals surface area contributed by atoms with E-state index in [-0.39, 0.29) is 11.9 Å². The van der Waals surface area contributed by atoms with Gasteiger partial charge in [-0.05, 0) is 55.2 Å². The predicted octanol–water partition coefficient (Wildman–Crippen LogP) is 3.24. The predicted molar refractivity (Wildman–Crippen MR) is 104 cm³/mol. The van der Waals surface area contributed by atoms with Crippen molar-refractivity contribution < 1.29 is 13.6 Å². The summed E-state index contributed by atoms with van der Waals surface area (Å²) in [6, 6.07) is 4.36. The van der Waals surface area contributed by atoms with Gasteiger partial charge in [-0.1, -0.05) is 0 Å². The van der Waals surface area contributed by atoms with Gasteiger partial charge in [0.25, 0.3) is 0 Å². The van der Waals surface area contributed by atoms with E-state index in [1.54, 1.807) is 12.5 Å². The number of carbonyl (C=O) groups is 1. The van der Waals surface area contributed by atoms with Crippen LogP contribution in [0.1, 0.15) is 37.3 Å². The van der Waals surface area contributed by atoms with Crippen LogP contribution in [-0.4, -0.2) is 50.9 Å². The Morgan fingerprint density at radius 1 is 1.10 bits per heavy atom. The van der Waals surface area contributed by atoms with E-state index >= 15 is 0 Å². The van der Waals surface area contributed by atoms with Gasteiger partial charge in [0.2, 0.25) is 5.91 Å². The van der Waals surface area contributed by atoms with E-state index in [0.717, 1.165) is 56.9 Å². The monoisotopic (exact) mass is 400 g/mol. The minimum atomic E-state index is -0.504. The van der Waals surface area contributed by atoms with Crippen LogP contribution in [0.5, 0.6) is 0 Å². The topological polar surface area (TPSA) is 41.4 Å². The van der Waals surface area contributed by atoms with Crippen molar-refractivity contribution in [1.82, 2.24) is 19.4 Å². The lowest BCUT2D eigenvalue weighted by molar-refractivity contribution is -0.139. The highest BCUT2D eigenvalue weighted by Gasteiger charge is 2.45. The van der Waals surface area contributed by atoms with Crippen LogP contribution in [0, 0.1) is 23.5 Å². The van der Waals surface area contributed by atoms with E-state index in [2.05, 4.69) is 9.88 Å². The number of hydrogen-bond donors (Lipinski definition) is 0. The number of halogens is 2. The molecular weight excluding hydrogens is 374 g/mol. The number of likely N-dealkylation sites (tertiary alicyclic amines) is 1. The third kappa shape index (κ3) is 3.68. The molecule has 0 saturated carbocycles. The summed E-state index contributed by atoms with van der Waals surface area (Å²) in [4.78, 5) is 21.3. The van der Waals surface area contributed by atoms with Crippen molar-refractivity contribution in [2.45, 2.75) is 44.3 Å². The second-order valence-corrected chi connectivity index (χ2v) is 8.81. The zero-order valence-corrected chi connectivity index (χ0v) is 16.4. The van der Waals surface area contributed by atoms with Gasteiger partial charge in [-0.2, -0.15) is 0 Å². The molecule has 5 rings (SSSR count). The minimum absolute atomic E-state index is 0.0671. The van der Waals surface area contributed by atoms with E-state index in [1.165, 1.54) is 12.1 Å². The molecule has 5 nitrogen and oxygen atoms in total. The lowest BCUT2D eigenvalue weighted by atomic mass is 9.74. The Labute approximate surface area is 169 Å². The number of aromatic nitrogens is 2. The highest BCUT2D eigenvalue weighted by molar-refractivity contribution is 5.76. The maximum atomic E-state index is 13.8. The van der Waals surface area contributed by atoms with Crippen LogP contribution in [0.25, 0.3) is 0 Å². The molecule has 2 aromatic rings. The van der Waals surface area contributed by atoms with Gasteiger partial charge in [0.05, 0.1) is 6.33 Å². The Hall–Kier alpha value is -2.28. The molecule has 0 unspecified atom stereocenters. The van der Waals surface area contributed by atoms with Crippen LogP contribution in [-0.2, 0) is 11.3 Å². The van der Waals surface area contributed by atoms with Crippen LogP contribution >= 0.6 is 0 Å². The molecule has 1 amide bonds. The molecular formula is C22H26F2N4O. The lowest BCUT2D eigenvalue weighted by Crippen LogP contribution is -2.60. The maximum absolute atomic E-state index is 13.8. The molecule has 0 N–H and O–H groups in total. The summed E-state index contributed by atoms with van der Waals surface area (Å²) in [6.07, 6.45) is 9.39. The number of piperidine rings is 3. The number of amides is 1. The second-order valence-electron chi connectivity index (χ2n) is 8.81. The standard InChI is InChI=1S/C22H26F2N4O/c23-18-7-16(8-19(24)9-18)20-2-1-3-21-17-6-15(11-28(20)21)10-27(12-17)22(29)13-26-5-4-25-14-26/h4-5,7-9,14-15,17,20-21H,1-3,6,10-13H2/t15-,17+,20+,21-/m0/s1. The molecule has 3 saturated heterocycles. The fourth-order valence-corrected chi connectivity index (χ4v) is 5.77. The molecule has 0 aliphatic carbocycles. The first-order valence-corrected chi connectivity index (χ1v) is 10.5. The van der Waals surface area contributed by atoms with Crippen molar-refractivity contribution in [2.75, 3.05) is 19.6 Å². The van der Waals surface area contributed by atoms with Gasteiger partial charge in [0.15, 0.2) is 0 Å². The summed E-state index contributed by atoms with van der Waals surface area (Å²) < 4.78 is 29.5. The lowest BCUT2D eigenvalue weighted by Gasteiger charge is -2.55. The summed E-state index contributed by atoms with van der Waals surface area (Å²) >= 11 is 0. The van der Waals surface area contributed by atoms with Gasteiger partial charge >= 0.3 is 0 Å². The SMILES string of the molecule is O=C(Cn1ccnc1)N1C[C@@H]2C[C@H](C1)[C@@H]1CCC[C@H](c3cc(F)cc(F)c3)N1C2. The fourth-order valence-electron chi connectivity index (χ4n) is 5.77. The van der Waals surface area contributed by atoms with Crippen LogP contribution in [0.4, 0.5) is 8.78 Å². The maximum Gasteiger partial charge on any atom is 0.242 e. The van der Waals surface area contributed by atoms with Crippen molar-refractivity contribution in [1.29, 1.82) is 0 Å². The Bertz CT molecular complexity index is 867. The van der Waals surface area contributed by atoms with Crippen LogP contribution in [0.3, 0.4) is 0 Å². The second kappa shape index (κ2) is 7.52. The molecule has 0 spiro atoms. The molecule has 3 aliphatic rings. The number of nitrogens with zero attached hydrogens (tertiary/aromatic N) is 4. The average molecular weight is 400 g/mol. The van der Waals surface area contributed by atoms with E-state index in [9.17, 15) is 13.6 Å². The zero-order valence-electron chi connectivity index (χ0n) is 16.4. The van der Waals surface area contributed by atoms with Gasteiger partial charge in [-0.3, -0.25) is 9.69 Å². The number of benzene rings is 1. The Kier molecular flexibility index (Phi) is 4.86. The molecule has 3 aliphatic heterocycles. The van der Waals surface area contributed by atoms with Crippen LogP contribution in [0.2, 0.25) is 0 Å². The Morgan fingerprint density at radius 2 is 1.93 bits per heavy atom. The number of imidazole rings is 1. The third-order valence-corrected chi connectivity index (χ3v) is 6.89. The Morgan fingerprint density at radius 3 is 2.69 bits per heavy atom. The normalized spacial score (nSPS) is 29.5. The fraction of sp³-hybridized carbons (Fsp3) is 0.545. The largest absolute Gasteiger partial charge is 0.340 e. The van der Waals surface area contributed by atoms with Crippen LogP contribution < -0.4 is 0 Å². The highest BCUT2D eigenvalue weighted by Crippen LogP contribution is 2.44. The molecule has 7 heteroatoms. The number of carbonyl (C=O) groups excluding carboxylic acids is 1. The molecule has 0 radical (unpaired) electrons. The smallest absolute Gasteiger partial charge is 0.242 e. The molecule has 4 heterocycles. The molecule has 1 aromatic carbocycles. The molecule has 154 valence electrons. The third-order valence-electron chi connectivity index (χ3n) is 6.89. The summed E-state index contributed by atoms with van der Waals surface area (Å²) in [7, 11) is 0. The minimum Gasteiger partial charge on any atom is -0.340 e. The van der Waals surface area contributed by atoms with E-state index in [4.69, 9.17) is 0 Å². The molecule has 29 heavy (non-hydrogen) atoms. The van der Waals surface area contributed by atoms with Crippen molar-refractivity contribution in [2.24, 2.45) is 11.8 Å². The number of rotatable bonds is 3. The summed E-state index contributed by atoms with van der Waals surface area (Å²) in [5.74, 6) is -0.0249. The van der Waals surface area contributed by atoms with Crippen LogP contribution in [0.15, 0.2) is 36.9 Å². The summed E-state index contributed by atoms with van der Waals surface area (Å²) in [5.41, 5.74) is 0.750. The van der Waals surface area contributed by atoms with Gasteiger partial charge in [-0.15, -0.1) is 0 Å². The van der Waals surface area contributed by atoms with E-state index in [0.29, 0.717) is 24.4 Å². The first-order valence-electron chi connectivity index (χ1n) is 10.5. The first-order chi connectivity index (χ1) is 14.1. The van der Waals surface area contributed by atoms with Gasteiger partial charge in [0.1, 0.15) is 18.2 Å². The average Bonchev–Trinajstić information content (AvgIpc) is 3.19. The molecule has 3 fully saturated rings. The van der Waals surface area contributed by atoms with Crippen molar-refractivity contribution in [3.05, 3.63) is 54.1 Å². The highest BCUT2D eigenvalue weighted by atomic mass is 19.1. The number of fused-ring (bicyclic) bond motifs is 4. The summed E-state index contributed by atoms with van der Waals surface area (Å²) in [5, 5.41) is 0. The molecule has 4 atom stereocenters. The van der Waals surface area contributed by atoms with Crippen molar-refractivity contribution in [3.8, 4) is 0 Å². The zero-order chi connectivity index (χ0) is 20.0. The van der Waals surface area contributed by atoms with Gasteiger partial charge < -0.3 is 9.47 Å². The molecule has 1 aromatic heterocycles. The van der Waals surface area contributed by atoms with E-state index in [1.807, 2.05) is 15.7 Å². The quantitative estimate of drug-likeness (QED) is 0.794. The molecule has 2 bridgehead atoms. The van der Waals surface area contributed by atoms with Gasteiger partial charge in [0, 0.05) is 50.2 Å². The first kappa shape index (κ1) is 18.7. The van der Waals surface area contributed by atoms with Crippen molar-refractivity contribution >= 4 is 5.91 Å².